The molecule has 2 nitrogen and oxygen atoms in total. The van der Waals surface area contributed by atoms with E-state index in [4.69, 9.17) is 4.74 Å². The molecule has 98 valence electrons. The maximum atomic E-state index is 13.6. The third-order valence-corrected chi connectivity index (χ3v) is 4.18. The van der Waals surface area contributed by atoms with Crippen LogP contribution in [-0.2, 0) is 4.74 Å². The first-order valence-corrected chi connectivity index (χ1v) is 6.91. The Morgan fingerprint density at radius 2 is 1.78 bits per heavy atom. The second-order valence-electron chi connectivity index (χ2n) is 5.44. The Bertz CT molecular complexity index is 397. The van der Waals surface area contributed by atoms with Crippen LogP contribution in [0, 0.1) is 5.82 Å². The Balaban J connectivity index is 1.49. The van der Waals surface area contributed by atoms with Gasteiger partial charge in [0, 0.05) is 25.3 Å². The van der Waals surface area contributed by atoms with Gasteiger partial charge < -0.3 is 10.1 Å². The van der Waals surface area contributed by atoms with E-state index >= 15 is 0 Å². The zero-order valence-corrected chi connectivity index (χ0v) is 10.6. The summed E-state index contributed by atoms with van der Waals surface area (Å²) in [4.78, 5) is 0. The molecule has 0 spiro atoms. The number of hydrogen-bond acceptors (Lipinski definition) is 2. The van der Waals surface area contributed by atoms with Crippen molar-refractivity contribution < 1.29 is 9.13 Å². The average molecular weight is 249 g/mol. The van der Waals surface area contributed by atoms with Gasteiger partial charge in [-0.05, 0) is 43.2 Å². The molecule has 1 aromatic rings. The molecular formula is C15H20FNO. The molecule has 1 aromatic carbocycles. The van der Waals surface area contributed by atoms with Crippen LogP contribution in [0.4, 0.5) is 4.39 Å². The van der Waals surface area contributed by atoms with Crippen LogP contribution in [0.5, 0.6) is 0 Å². The number of ether oxygens (including phenoxy) is 1. The first-order valence-electron chi connectivity index (χ1n) is 6.91. The molecule has 2 aliphatic rings. The standard InChI is InChI=1S/C15H20FNO/c16-15-4-2-1-3-14(15)11-9-13(10-11)17-12-5-7-18-8-6-12/h1-4,11-13,17H,5-10H2. The van der Waals surface area contributed by atoms with Gasteiger partial charge in [0.1, 0.15) is 5.82 Å². The van der Waals surface area contributed by atoms with Gasteiger partial charge in [0.25, 0.3) is 0 Å². The fourth-order valence-corrected chi connectivity index (χ4v) is 3.01. The van der Waals surface area contributed by atoms with E-state index in [1.807, 2.05) is 12.1 Å². The predicted octanol–water partition coefficient (Wildman–Crippen LogP) is 2.84. The normalized spacial score (nSPS) is 28.9. The van der Waals surface area contributed by atoms with E-state index in [1.165, 1.54) is 0 Å². The van der Waals surface area contributed by atoms with Crippen molar-refractivity contribution >= 4 is 0 Å². The van der Waals surface area contributed by atoms with Crippen LogP contribution in [0.3, 0.4) is 0 Å². The molecule has 0 amide bonds. The van der Waals surface area contributed by atoms with Gasteiger partial charge in [0.15, 0.2) is 0 Å². The van der Waals surface area contributed by atoms with Crippen molar-refractivity contribution in [2.45, 2.75) is 43.7 Å². The quantitative estimate of drug-likeness (QED) is 0.889. The lowest BCUT2D eigenvalue weighted by Crippen LogP contribution is -2.47. The molecular weight excluding hydrogens is 229 g/mol. The molecule has 1 N–H and O–H groups in total. The van der Waals surface area contributed by atoms with E-state index < -0.39 is 0 Å². The van der Waals surface area contributed by atoms with E-state index in [0.29, 0.717) is 18.0 Å². The van der Waals surface area contributed by atoms with Gasteiger partial charge in [-0.25, -0.2) is 4.39 Å². The predicted molar refractivity (Wildman–Crippen MR) is 69.1 cm³/mol. The highest BCUT2D eigenvalue weighted by Gasteiger charge is 2.33. The average Bonchev–Trinajstić information content (AvgIpc) is 2.36. The SMILES string of the molecule is Fc1ccccc1C1CC(NC2CCOCC2)C1. The monoisotopic (exact) mass is 249 g/mol. The van der Waals surface area contributed by atoms with Crippen molar-refractivity contribution in [2.24, 2.45) is 0 Å². The lowest BCUT2D eigenvalue weighted by atomic mass is 9.75. The smallest absolute Gasteiger partial charge is 0.126 e. The Morgan fingerprint density at radius 3 is 2.50 bits per heavy atom. The second-order valence-corrected chi connectivity index (χ2v) is 5.44. The number of rotatable bonds is 3. The van der Waals surface area contributed by atoms with Crippen molar-refractivity contribution in [3.05, 3.63) is 35.6 Å². The first kappa shape index (κ1) is 12.1. The Hall–Kier alpha value is -0.930. The van der Waals surface area contributed by atoms with Crippen molar-refractivity contribution in [1.82, 2.24) is 5.32 Å². The second kappa shape index (κ2) is 5.37. The van der Waals surface area contributed by atoms with Gasteiger partial charge in [0.05, 0.1) is 0 Å². The summed E-state index contributed by atoms with van der Waals surface area (Å²) in [6, 6.07) is 8.34. The van der Waals surface area contributed by atoms with Gasteiger partial charge in [-0.2, -0.15) is 0 Å². The lowest BCUT2D eigenvalue weighted by molar-refractivity contribution is 0.0697. The summed E-state index contributed by atoms with van der Waals surface area (Å²) in [7, 11) is 0. The summed E-state index contributed by atoms with van der Waals surface area (Å²) < 4.78 is 19.0. The molecule has 18 heavy (non-hydrogen) atoms. The fraction of sp³-hybridized carbons (Fsp3) is 0.600. The van der Waals surface area contributed by atoms with Crippen LogP contribution in [0.1, 0.15) is 37.2 Å². The van der Waals surface area contributed by atoms with Crippen molar-refractivity contribution in [1.29, 1.82) is 0 Å². The van der Waals surface area contributed by atoms with Crippen LogP contribution >= 0.6 is 0 Å². The molecule has 1 saturated heterocycles. The zero-order chi connectivity index (χ0) is 12.4. The third-order valence-electron chi connectivity index (χ3n) is 4.18. The summed E-state index contributed by atoms with van der Waals surface area (Å²) in [5.74, 6) is 0.357. The van der Waals surface area contributed by atoms with Gasteiger partial charge in [-0.3, -0.25) is 0 Å². The Kier molecular flexibility index (Phi) is 3.62. The topological polar surface area (TPSA) is 21.3 Å². The van der Waals surface area contributed by atoms with Gasteiger partial charge >= 0.3 is 0 Å². The molecule has 0 bridgehead atoms. The summed E-state index contributed by atoms with van der Waals surface area (Å²) >= 11 is 0. The zero-order valence-electron chi connectivity index (χ0n) is 10.6. The fourth-order valence-electron chi connectivity index (χ4n) is 3.01. The number of nitrogens with one attached hydrogen (secondary N) is 1. The number of hydrogen-bond donors (Lipinski definition) is 1. The maximum Gasteiger partial charge on any atom is 0.126 e. The molecule has 0 atom stereocenters. The van der Waals surface area contributed by atoms with E-state index in [2.05, 4.69) is 5.32 Å². The third kappa shape index (κ3) is 2.57. The summed E-state index contributed by atoms with van der Waals surface area (Å²) in [5, 5.41) is 3.67. The minimum atomic E-state index is -0.0491. The van der Waals surface area contributed by atoms with Crippen molar-refractivity contribution in [3.8, 4) is 0 Å². The van der Waals surface area contributed by atoms with E-state index in [-0.39, 0.29) is 5.82 Å². The minimum absolute atomic E-state index is 0.0491. The molecule has 0 unspecified atom stereocenters. The largest absolute Gasteiger partial charge is 0.381 e. The van der Waals surface area contributed by atoms with Gasteiger partial charge in [-0.1, -0.05) is 18.2 Å². The summed E-state index contributed by atoms with van der Waals surface area (Å²) in [6.45, 7) is 1.75. The Labute approximate surface area is 108 Å². The van der Waals surface area contributed by atoms with E-state index in [9.17, 15) is 4.39 Å². The number of halogens is 1. The summed E-state index contributed by atoms with van der Waals surface area (Å²) in [6.07, 6.45) is 4.36. The molecule has 3 rings (SSSR count). The molecule has 3 heteroatoms. The van der Waals surface area contributed by atoms with Crippen LogP contribution in [-0.4, -0.2) is 25.3 Å². The van der Waals surface area contributed by atoms with Crippen LogP contribution < -0.4 is 5.32 Å². The molecule has 1 heterocycles. The molecule has 1 aliphatic heterocycles. The van der Waals surface area contributed by atoms with Crippen LogP contribution in [0.2, 0.25) is 0 Å². The van der Waals surface area contributed by atoms with Crippen molar-refractivity contribution in [3.63, 3.8) is 0 Å². The molecule has 1 aliphatic carbocycles. The minimum Gasteiger partial charge on any atom is -0.381 e. The van der Waals surface area contributed by atoms with Gasteiger partial charge in [0.2, 0.25) is 0 Å². The molecule has 2 fully saturated rings. The van der Waals surface area contributed by atoms with Gasteiger partial charge in [-0.15, -0.1) is 0 Å². The number of benzene rings is 1. The highest BCUT2D eigenvalue weighted by Crippen LogP contribution is 2.38. The Morgan fingerprint density at radius 1 is 1.06 bits per heavy atom. The maximum absolute atomic E-state index is 13.6. The van der Waals surface area contributed by atoms with Crippen LogP contribution in [0.25, 0.3) is 0 Å². The first-order chi connectivity index (χ1) is 8.83. The van der Waals surface area contributed by atoms with E-state index in [0.717, 1.165) is 44.5 Å². The molecule has 0 radical (unpaired) electrons. The highest BCUT2D eigenvalue weighted by molar-refractivity contribution is 5.24. The lowest BCUT2D eigenvalue weighted by Gasteiger charge is -2.39. The summed E-state index contributed by atoms with van der Waals surface area (Å²) in [5.41, 5.74) is 0.891. The highest BCUT2D eigenvalue weighted by atomic mass is 19.1. The van der Waals surface area contributed by atoms with E-state index in [1.54, 1.807) is 12.1 Å². The molecule has 0 aromatic heterocycles. The van der Waals surface area contributed by atoms with Crippen molar-refractivity contribution in [2.75, 3.05) is 13.2 Å². The van der Waals surface area contributed by atoms with Crippen LogP contribution in [0.15, 0.2) is 24.3 Å². The molecule has 1 saturated carbocycles.